The van der Waals surface area contributed by atoms with E-state index in [1.54, 1.807) is 6.92 Å². The number of hydrogen-bond acceptors (Lipinski definition) is 4. The van der Waals surface area contributed by atoms with Gasteiger partial charge < -0.3 is 5.11 Å². The number of benzene rings is 1. The summed E-state index contributed by atoms with van der Waals surface area (Å²) in [5.41, 5.74) is -4.18. The largest absolute Gasteiger partial charge is 0.478 e. The van der Waals surface area contributed by atoms with Crippen molar-refractivity contribution in [2.24, 2.45) is 0 Å². The molecule has 0 aliphatic heterocycles. The van der Waals surface area contributed by atoms with Gasteiger partial charge in [-0.3, -0.25) is 0 Å². The summed E-state index contributed by atoms with van der Waals surface area (Å²) in [6.45, 7) is 1.72. The van der Waals surface area contributed by atoms with Crippen molar-refractivity contribution < 1.29 is 31.5 Å². The fraction of sp³-hybridized carbons (Fsp3) is 0.417. The monoisotopic (exact) mass is 342 g/mol. The van der Waals surface area contributed by atoms with Gasteiger partial charge in [-0.1, -0.05) is 13.0 Å². The lowest BCUT2D eigenvalue weighted by atomic mass is 10.1. The van der Waals surface area contributed by atoms with Crippen LogP contribution in [0.15, 0.2) is 23.1 Å². The Morgan fingerprint density at radius 2 is 1.95 bits per heavy atom. The van der Waals surface area contributed by atoms with E-state index in [2.05, 4.69) is 0 Å². The van der Waals surface area contributed by atoms with Crippen LogP contribution in [0.1, 0.15) is 22.8 Å². The van der Waals surface area contributed by atoms with Gasteiger partial charge in [0.2, 0.25) is 0 Å². The second-order valence-electron chi connectivity index (χ2n) is 4.09. The number of carbonyl (C=O) groups is 1. The summed E-state index contributed by atoms with van der Waals surface area (Å²) in [6, 6.07) is 3.58. The van der Waals surface area contributed by atoms with Crippen molar-refractivity contribution in [3.63, 3.8) is 0 Å². The Morgan fingerprint density at radius 3 is 2.43 bits per heavy atom. The van der Waals surface area contributed by atoms with Crippen LogP contribution in [0.5, 0.6) is 0 Å². The van der Waals surface area contributed by atoms with Crippen LogP contribution in [0.2, 0.25) is 0 Å². The molecular formula is C12H13F3O4S2. The van der Waals surface area contributed by atoms with Crippen molar-refractivity contribution in [2.45, 2.75) is 23.7 Å². The molecule has 1 rings (SSSR count). The summed E-state index contributed by atoms with van der Waals surface area (Å²) in [5, 5.41) is 9.02. The first-order valence-electron chi connectivity index (χ1n) is 5.86. The van der Waals surface area contributed by atoms with E-state index in [9.17, 15) is 26.4 Å². The van der Waals surface area contributed by atoms with Crippen molar-refractivity contribution in [2.75, 3.05) is 11.5 Å². The average molecular weight is 342 g/mol. The molecule has 21 heavy (non-hydrogen) atoms. The smallest absolute Gasteiger partial charge is 0.441 e. The molecule has 0 radical (unpaired) electrons. The zero-order chi connectivity index (χ0) is 16.3. The molecule has 9 heteroatoms. The van der Waals surface area contributed by atoms with Crippen LogP contribution in [0.25, 0.3) is 0 Å². The van der Waals surface area contributed by atoms with Crippen molar-refractivity contribution >= 4 is 27.6 Å². The molecule has 0 amide bonds. The molecular weight excluding hydrogens is 329 g/mol. The summed E-state index contributed by atoms with van der Waals surface area (Å²) >= 11 is -0.422. The summed E-state index contributed by atoms with van der Waals surface area (Å²) in [6.07, 6.45) is 0.409. The standard InChI is InChI=1S/C12H13F3O4S2/c1-2-8-3-4-9(7-10(8)11(16)17)21(18,19)6-5-20-12(13,14)15/h3-4,7H,2,5-6H2,1H3,(H,16,17). The molecule has 1 aromatic rings. The van der Waals surface area contributed by atoms with Crippen LogP contribution in [0.4, 0.5) is 13.2 Å². The quantitative estimate of drug-likeness (QED) is 0.860. The molecule has 0 heterocycles. The summed E-state index contributed by atoms with van der Waals surface area (Å²) < 4.78 is 59.8. The number of carboxylic acid groups (broad SMARTS) is 1. The zero-order valence-electron chi connectivity index (χ0n) is 11.0. The van der Waals surface area contributed by atoms with Crippen LogP contribution >= 0.6 is 11.8 Å². The highest BCUT2D eigenvalue weighted by Crippen LogP contribution is 2.30. The first-order valence-corrected chi connectivity index (χ1v) is 8.50. The molecule has 0 aliphatic rings. The maximum absolute atomic E-state index is 12.0. The van der Waals surface area contributed by atoms with Crippen LogP contribution in [-0.2, 0) is 16.3 Å². The third-order valence-corrected chi connectivity index (χ3v) is 5.38. The first-order chi connectivity index (χ1) is 9.57. The normalized spacial score (nSPS) is 12.4. The van der Waals surface area contributed by atoms with Gasteiger partial charge in [0.05, 0.1) is 16.2 Å². The minimum absolute atomic E-state index is 0.151. The minimum atomic E-state index is -4.49. The van der Waals surface area contributed by atoms with E-state index in [-0.39, 0.29) is 10.5 Å². The molecule has 0 fully saturated rings. The Kier molecular flexibility index (Phi) is 5.68. The molecule has 0 unspecified atom stereocenters. The van der Waals surface area contributed by atoms with Crippen LogP contribution in [-0.4, -0.2) is 36.5 Å². The van der Waals surface area contributed by atoms with Crippen LogP contribution < -0.4 is 0 Å². The zero-order valence-corrected chi connectivity index (χ0v) is 12.6. The number of alkyl halides is 3. The number of halogens is 3. The third-order valence-electron chi connectivity index (χ3n) is 2.67. The maximum atomic E-state index is 12.0. The van der Waals surface area contributed by atoms with E-state index >= 15 is 0 Å². The highest BCUT2D eigenvalue weighted by molar-refractivity contribution is 8.01. The predicted octanol–water partition coefficient (Wildman–Crippen LogP) is 2.97. The number of rotatable bonds is 6. The summed E-state index contributed by atoms with van der Waals surface area (Å²) in [7, 11) is -3.95. The second-order valence-corrected chi connectivity index (χ2v) is 7.36. The van der Waals surface area contributed by atoms with Gasteiger partial charge in [-0.2, -0.15) is 13.2 Å². The number of thioether (sulfide) groups is 1. The number of aryl methyl sites for hydroxylation is 1. The van der Waals surface area contributed by atoms with Crippen molar-refractivity contribution in [3.8, 4) is 0 Å². The Morgan fingerprint density at radius 1 is 1.33 bits per heavy atom. The first kappa shape index (κ1) is 17.8. The molecule has 0 saturated heterocycles. The van der Waals surface area contributed by atoms with Crippen molar-refractivity contribution in [1.29, 1.82) is 0 Å². The molecule has 0 saturated carbocycles. The van der Waals surface area contributed by atoms with Gasteiger partial charge in [0, 0.05) is 5.75 Å². The molecule has 0 aliphatic carbocycles. The predicted molar refractivity (Wildman–Crippen MR) is 73.3 cm³/mol. The Bertz CT molecular complexity index is 624. The number of hydrogen-bond donors (Lipinski definition) is 1. The van der Waals surface area contributed by atoms with Crippen LogP contribution in [0, 0.1) is 0 Å². The fourth-order valence-electron chi connectivity index (χ4n) is 1.64. The number of carboxylic acids is 1. The lowest BCUT2D eigenvalue weighted by molar-refractivity contribution is -0.0326. The third kappa shape index (κ3) is 5.24. The van der Waals surface area contributed by atoms with E-state index in [0.717, 1.165) is 6.07 Å². The molecule has 0 spiro atoms. The van der Waals surface area contributed by atoms with Gasteiger partial charge in [0.15, 0.2) is 9.84 Å². The van der Waals surface area contributed by atoms with E-state index in [1.165, 1.54) is 12.1 Å². The molecule has 1 N–H and O–H groups in total. The van der Waals surface area contributed by atoms with E-state index in [4.69, 9.17) is 5.11 Å². The Labute approximate surface area is 124 Å². The minimum Gasteiger partial charge on any atom is -0.478 e. The van der Waals surface area contributed by atoms with Gasteiger partial charge in [0.25, 0.3) is 0 Å². The van der Waals surface area contributed by atoms with Gasteiger partial charge in [0.1, 0.15) is 0 Å². The molecule has 4 nitrogen and oxygen atoms in total. The SMILES string of the molecule is CCc1ccc(S(=O)(=O)CCSC(F)(F)F)cc1C(=O)O. The van der Waals surface area contributed by atoms with E-state index < -0.39 is 44.6 Å². The van der Waals surface area contributed by atoms with E-state index in [1.807, 2.05) is 0 Å². The Balaban J connectivity index is 2.99. The summed E-state index contributed by atoms with van der Waals surface area (Å²) in [5.74, 6) is -2.61. The van der Waals surface area contributed by atoms with E-state index in [0.29, 0.717) is 12.0 Å². The molecule has 0 bridgehead atoms. The lowest BCUT2D eigenvalue weighted by Gasteiger charge is -2.09. The highest BCUT2D eigenvalue weighted by atomic mass is 32.2. The second kappa shape index (κ2) is 6.69. The number of sulfone groups is 1. The van der Waals surface area contributed by atoms with Gasteiger partial charge in [-0.05, 0) is 35.9 Å². The lowest BCUT2D eigenvalue weighted by Crippen LogP contribution is -2.13. The summed E-state index contributed by atoms with van der Waals surface area (Å²) in [4.78, 5) is 10.8. The van der Waals surface area contributed by atoms with Crippen molar-refractivity contribution in [1.82, 2.24) is 0 Å². The van der Waals surface area contributed by atoms with Gasteiger partial charge in [-0.25, -0.2) is 13.2 Å². The van der Waals surface area contributed by atoms with Gasteiger partial charge in [-0.15, -0.1) is 0 Å². The van der Waals surface area contributed by atoms with Crippen molar-refractivity contribution in [3.05, 3.63) is 29.3 Å². The molecule has 0 aromatic heterocycles. The molecule has 118 valence electrons. The topological polar surface area (TPSA) is 71.4 Å². The maximum Gasteiger partial charge on any atom is 0.441 e. The average Bonchev–Trinajstić information content (AvgIpc) is 2.35. The molecule has 1 aromatic carbocycles. The van der Waals surface area contributed by atoms with Gasteiger partial charge >= 0.3 is 11.5 Å². The molecule has 0 atom stereocenters. The highest BCUT2D eigenvalue weighted by Gasteiger charge is 2.29. The fourth-order valence-corrected chi connectivity index (χ4v) is 3.89. The van der Waals surface area contributed by atoms with Crippen LogP contribution in [0.3, 0.4) is 0 Å². The number of aromatic carboxylic acids is 1. The Hall–Kier alpha value is -1.22.